The third-order valence-corrected chi connectivity index (χ3v) is 26.8. The van der Waals surface area contributed by atoms with Crippen molar-refractivity contribution in [3.8, 4) is 0 Å². The summed E-state index contributed by atoms with van der Waals surface area (Å²) < 4.78 is 7.49. The molecule has 0 atom stereocenters. The van der Waals surface area contributed by atoms with Gasteiger partial charge in [-0.1, -0.05) is 13.3 Å². The van der Waals surface area contributed by atoms with Crippen LogP contribution in [0.4, 0.5) is 0 Å². The molecular weight excluding hydrogens is 715 g/mol. The van der Waals surface area contributed by atoms with Crippen molar-refractivity contribution in [1.29, 1.82) is 0 Å². The van der Waals surface area contributed by atoms with E-state index >= 15 is 4.79 Å². The number of hydrogen-bond acceptors (Lipinski definition) is 4. The van der Waals surface area contributed by atoms with Gasteiger partial charge in [0.2, 0.25) is 0 Å². The quantitative estimate of drug-likeness (QED) is 0.0524. The molecular formula is C42H64N2O4Sn. The van der Waals surface area contributed by atoms with Crippen molar-refractivity contribution in [2.45, 2.75) is 177 Å². The molecule has 2 aromatic carbocycles. The predicted octanol–water partition coefficient (Wildman–Crippen LogP) is 9.84. The molecule has 270 valence electrons. The monoisotopic (exact) mass is 780 g/mol. The molecule has 4 aromatic heterocycles. The first-order valence-electron chi connectivity index (χ1n) is 20.2. The molecule has 0 radical (unpaired) electrons. The molecule has 0 amide bonds. The van der Waals surface area contributed by atoms with E-state index in [0.717, 1.165) is 100 Å². The summed E-state index contributed by atoms with van der Waals surface area (Å²) >= 11 is -3.33. The Balaban J connectivity index is 2.05. The van der Waals surface area contributed by atoms with Gasteiger partial charge in [0, 0.05) is 0 Å². The van der Waals surface area contributed by atoms with Crippen LogP contribution < -0.4 is 25.8 Å². The van der Waals surface area contributed by atoms with Gasteiger partial charge in [-0.3, -0.25) is 0 Å². The Morgan fingerprint density at radius 2 is 0.816 bits per heavy atom. The summed E-state index contributed by atoms with van der Waals surface area (Å²) in [5.41, 5.74) is -1.15. The van der Waals surface area contributed by atoms with Crippen molar-refractivity contribution in [2.24, 2.45) is 0 Å². The van der Waals surface area contributed by atoms with Crippen molar-refractivity contribution in [1.82, 2.24) is 9.13 Å². The number of fused-ring (bicyclic) bond motifs is 6. The average molecular weight is 780 g/mol. The molecule has 0 saturated carbocycles. The van der Waals surface area contributed by atoms with Gasteiger partial charge in [-0.15, -0.1) is 0 Å². The Labute approximate surface area is 298 Å². The van der Waals surface area contributed by atoms with Gasteiger partial charge in [-0.25, -0.2) is 0 Å². The topological polar surface area (TPSA) is 78.1 Å². The maximum atomic E-state index is 15.0. The second-order valence-electron chi connectivity index (χ2n) is 14.9. The van der Waals surface area contributed by atoms with Gasteiger partial charge in [0.05, 0.1) is 0 Å². The van der Waals surface area contributed by atoms with Crippen LogP contribution in [0.15, 0.2) is 37.4 Å². The SMILES string of the molecule is CCCCCCCCn1c(=O)c2ccc(c1=O)c1c3[c]([Sn]([CH2]CCC)([CH2]CCC)[CH2]CCC)cc(c(=O)n(CCCCCCCC)c3=O)c21. The minimum absolute atomic E-state index is 0.229. The number of hydrogen-bond donors (Lipinski definition) is 0. The van der Waals surface area contributed by atoms with Gasteiger partial charge in [0.25, 0.3) is 0 Å². The van der Waals surface area contributed by atoms with Crippen LogP contribution in [0.2, 0.25) is 13.3 Å². The van der Waals surface area contributed by atoms with Crippen molar-refractivity contribution in [3.63, 3.8) is 0 Å². The summed E-state index contributed by atoms with van der Waals surface area (Å²) in [6.45, 7) is 11.9. The van der Waals surface area contributed by atoms with Gasteiger partial charge >= 0.3 is 286 Å². The Hall–Kier alpha value is -2.22. The first kappa shape index (κ1) is 39.6. The van der Waals surface area contributed by atoms with Crippen LogP contribution in [0.5, 0.6) is 0 Å². The van der Waals surface area contributed by atoms with E-state index in [4.69, 9.17) is 0 Å². The zero-order valence-electron chi connectivity index (χ0n) is 31.5. The molecule has 0 spiro atoms. The first-order chi connectivity index (χ1) is 23.8. The fraction of sp³-hybridized carbons (Fsp3) is 0.667. The molecule has 0 saturated heterocycles. The van der Waals surface area contributed by atoms with Gasteiger partial charge in [-0.2, -0.15) is 0 Å². The van der Waals surface area contributed by atoms with Crippen LogP contribution in [-0.4, -0.2) is 27.5 Å². The molecule has 0 unspecified atom stereocenters. The van der Waals surface area contributed by atoms with E-state index in [1.807, 2.05) is 0 Å². The normalized spacial score (nSPS) is 12.3. The second-order valence-corrected chi connectivity index (χ2v) is 28.0. The van der Waals surface area contributed by atoms with E-state index < -0.39 is 18.4 Å². The number of aromatic nitrogens is 2. The second kappa shape index (κ2) is 19.4. The molecule has 4 bridgehead atoms. The number of unbranched alkanes of at least 4 members (excludes halogenated alkanes) is 13. The van der Waals surface area contributed by atoms with Gasteiger partial charge in [0.15, 0.2) is 0 Å². The van der Waals surface area contributed by atoms with Crippen molar-refractivity contribution in [2.75, 3.05) is 0 Å². The van der Waals surface area contributed by atoms with Crippen molar-refractivity contribution < 1.29 is 0 Å². The molecule has 6 rings (SSSR count). The fourth-order valence-electron chi connectivity index (χ4n) is 8.32. The Morgan fingerprint density at radius 1 is 0.429 bits per heavy atom. The van der Waals surface area contributed by atoms with E-state index in [9.17, 15) is 14.4 Å². The van der Waals surface area contributed by atoms with Crippen LogP contribution in [-0.2, 0) is 13.1 Å². The molecule has 0 aliphatic rings. The van der Waals surface area contributed by atoms with Crippen molar-refractivity contribution >= 4 is 54.3 Å². The first-order valence-corrected chi connectivity index (χ1v) is 27.7. The molecule has 0 aliphatic carbocycles. The molecule has 0 aliphatic heterocycles. The number of rotatable bonds is 24. The summed E-state index contributed by atoms with van der Waals surface area (Å²) in [5, 5.41) is 3.06. The fourth-order valence-corrected chi connectivity index (χ4v) is 25.0. The predicted molar refractivity (Wildman–Crippen MR) is 214 cm³/mol. The standard InChI is InChI=1S/C30H37N2O4.3C4H9.Sn/c1-3-5-7-9-11-13-19-31-27(33)21-15-16-22(28(31)34)26-24-18-17-23(25(21)26)29(35)32(30(24)36)20-14-12-10-8-6-4-2;3*1-3-4-2;/h15-17H,3-14,19-20H2,1-2H3;3*1,3-4H2,2H3;. The summed E-state index contributed by atoms with van der Waals surface area (Å²) in [6.07, 6.45) is 19.4. The summed E-state index contributed by atoms with van der Waals surface area (Å²) in [6, 6.07) is 5.62. The van der Waals surface area contributed by atoms with Gasteiger partial charge in [0.1, 0.15) is 0 Å². The van der Waals surface area contributed by atoms with Crippen LogP contribution in [0.1, 0.15) is 150 Å². The van der Waals surface area contributed by atoms with E-state index in [1.165, 1.54) is 41.2 Å². The summed E-state index contributed by atoms with van der Waals surface area (Å²) in [4.78, 5) is 58.3. The molecule has 49 heavy (non-hydrogen) atoms. The molecule has 6 aromatic rings. The molecule has 0 N–H and O–H groups in total. The third kappa shape index (κ3) is 8.81. The molecule has 6 nitrogen and oxygen atoms in total. The van der Waals surface area contributed by atoms with E-state index in [-0.39, 0.29) is 22.2 Å². The van der Waals surface area contributed by atoms with E-state index in [2.05, 4.69) is 40.7 Å². The number of nitrogens with zero attached hydrogens (tertiary/aromatic N) is 2. The molecule has 7 heteroatoms. The number of benzene rings is 2. The van der Waals surface area contributed by atoms with E-state index in [1.54, 1.807) is 12.1 Å². The zero-order valence-corrected chi connectivity index (χ0v) is 34.4. The Morgan fingerprint density at radius 3 is 1.29 bits per heavy atom. The third-order valence-electron chi connectivity index (χ3n) is 11.2. The van der Waals surface area contributed by atoms with Gasteiger partial charge < -0.3 is 0 Å². The summed E-state index contributed by atoms with van der Waals surface area (Å²) in [7, 11) is 0. The van der Waals surface area contributed by atoms with Crippen LogP contribution in [0.3, 0.4) is 0 Å². The summed E-state index contributed by atoms with van der Waals surface area (Å²) in [5.74, 6) is 0. The molecule has 0 fully saturated rings. The van der Waals surface area contributed by atoms with E-state index in [0.29, 0.717) is 45.4 Å². The Kier molecular flexibility index (Phi) is 15.7. The van der Waals surface area contributed by atoms with Crippen LogP contribution in [0.25, 0.3) is 32.3 Å². The maximum absolute atomic E-state index is 15.0. The van der Waals surface area contributed by atoms with Gasteiger partial charge in [-0.05, 0) is 0 Å². The Bertz CT molecular complexity index is 1840. The average Bonchev–Trinajstić information content (AvgIpc) is 3.38. The minimum atomic E-state index is -3.33. The zero-order chi connectivity index (χ0) is 35.4. The van der Waals surface area contributed by atoms with Crippen LogP contribution in [0, 0.1) is 0 Å². The molecule has 4 heterocycles. The van der Waals surface area contributed by atoms with Crippen molar-refractivity contribution in [3.05, 3.63) is 59.6 Å². The van der Waals surface area contributed by atoms with Crippen LogP contribution >= 0.6 is 0 Å².